The molecule has 0 saturated heterocycles. The first-order chi connectivity index (χ1) is 10.9. The van der Waals surface area contributed by atoms with Crippen LogP contribution >= 0.6 is 0 Å². The number of nitrogens with one attached hydrogen (secondary N) is 1. The molecule has 0 atom stereocenters. The fourth-order valence-electron chi connectivity index (χ4n) is 2.39. The van der Waals surface area contributed by atoms with Gasteiger partial charge in [-0.3, -0.25) is 4.79 Å². The number of carbonyl (C=O) groups excluding carboxylic acids is 1. The SMILES string of the molecule is COc1ccccc1/C=C/C(=O)Nc1ccccc1C(C)(C)C. The average molecular weight is 309 g/mol. The highest BCUT2D eigenvalue weighted by atomic mass is 16.5. The maximum Gasteiger partial charge on any atom is 0.248 e. The molecule has 0 aliphatic carbocycles. The van der Waals surface area contributed by atoms with Gasteiger partial charge in [0.2, 0.25) is 5.91 Å². The summed E-state index contributed by atoms with van der Waals surface area (Å²) in [5, 5.41) is 2.96. The van der Waals surface area contributed by atoms with Crippen LogP contribution in [0.3, 0.4) is 0 Å². The normalized spacial score (nSPS) is 11.5. The summed E-state index contributed by atoms with van der Waals surface area (Å²) in [7, 11) is 1.62. The second-order valence-electron chi connectivity index (χ2n) is 6.36. The summed E-state index contributed by atoms with van der Waals surface area (Å²) < 4.78 is 5.28. The summed E-state index contributed by atoms with van der Waals surface area (Å²) in [4.78, 5) is 12.2. The number of methoxy groups -OCH3 is 1. The molecule has 23 heavy (non-hydrogen) atoms. The van der Waals surface area contributed by atoms with Crippen LogP contribution in [0.2, 0.25) is 0 Å². The van der Waals surface area contributed by atoms with Crippen molar-refractivity contribution >= 4 is 17.7 Å². The molecule has 0 aromatic heterocycles. The Balaban J connectivity index is 2.16. The molecule has 3 nitrogen and oxygen atoms in total. The zero-order valence-electron chi connectivity index (χ0n) is 14.1. The van der Waals surface area contributed by atoms with Gasteiger partial charge in [0.15, 0.2) is 0 Å². The third-order valence-electron chi connectivity index (χ3n) is 3.55. The first-order valence-corrected chi connectivity index (χ1v) is 7.63. The van der Waals surface area contributed by atoms with Crippen molar-refractivity contribution in [3.05, 3.63) is 65.7 Å². The van der Waals surface area contributed by atoms with Crippen LogP contribution in [0.4, 0.5) is 5.69 Å². The van der Waals surface area contributed by atoms with E-state index in [9.17, 15) is 4.79 Å². The summed E-state index contributed by atoms with van der Waals surface area (Å²) >= 11 is 0. The lowest BCUT2D eigenvalue weighted by atomic mass is 9.86. The largest absolute Gasteiger partial charge is 0.496 e. The van der Waals surface area contributed by atoms with Crippen molar-refractivity contribution in [2.75, 3.05) is 12.4 Å². The predicted octanol–water partition coefficient (Wildman–Crippen LogP) is 4.64. The van der Waals surface area contributed by atoms with E-state index in [1.54, 1.807) is 13.2 Å². The van der Waals surface area contributed by atoms with Gasteiger partial charge in [0, 0.05) is 17.3 Å². The van der Waals surface area contributed by atoms with Gasteiger partial charge in [-0.25, -0.2) is 0 Å². The maximum atomic E-state index is 12.2. The van der Waals surface area contributed by atoms with Crippen molar-refractivity contribution in [2.24, 2.45) is 0 Å². The topological polar surface area (TPSA) is 38.3 Å². The number of rotatable bonds is 4. The number of carbonyl (C=O) groups is 1. The highest BCUT2D eigenvalue weighted by Crippen LogP contribution is 2.29. The lowest BCUT2D eigenvalue weighted by molar-refractivity contribution is -0.111. The van der Waals surface area contributed by atoms with E-state index in [0.29, 0.717) is 0 Å². The number of anilines is 1. The van der Waals surface area contributed by atoms with Crippen molar-refractivity contribution in [3.63, 3.8) is 0 Å². The van der Waals surface area contributed by atoms with E-state index >= 15 is 0 Å². The van der Waals surface area contributed by atoms with Crippen molar-refractivity contribution in [1.29, 1.82) is 0 Å². The highest BCUT2D eigenvalue weighted by Gasteiger charge is 2.17. The Morgan fingerprint density at radius 3 is 2.39 bits per heavy atom. The van der Waals surface area contributed by atoms with E-state index in [1.807, 2.05) is 48.5 Å². The van der Waals surface area contributed by atoms with Crippen LogP contribution in [0, 0.1) is 0 Å². The number of benzene rings is 2. The first kappa shape index (κ1) is 16.8. The van der Waals surface area contributed by atoms with E-state index in [1.165, 1.54) is 6.08 Å². The van der Waals surface area contributed by atoms with Gasteiger partial charge < -0.3 is 10.1 Å². The molecule has 0 spiro atoms. The predicted molar refractivity (Wildman–Crippen MR) is 95.8 cm³/mol. The third-order valence-corrected chi connectivity index (χ3v) is 3.55. The van der Waals surface area contributed by atoms with Crippen LogP contribution in [0.5, 0.6) is 5.75 Å². The Morgan fingerprint density at radius 2 is 1.70 bits per heavy atom. The summed E-state index contributed by atoms with van der Waals surface area (Å²) in [6.07, 6.45) is 3.28. The standard InChI is InChI=1S/C20H23NO2/c1-20(2,3)16-10-6-7-11-17(16)21-19(22)14-13-15-9-5-8-12-18(15)23-4/h5-14H,1-4H3,(H,21,22)/b14-13+. The van der Waals surface area contributed by atoms with E-state index in [2.05, 4.69) is 26.1 Å². The van der Waals surface area contributed by atoms with Crippen molar-refractivity contribution < 1.29 is 9.53 Å². The molecular weight excluding hydrogens is 286 g/mol. The Hall–Kier alpha value is -2.55. The molecule has 120 valence electrons. The zero-order valence-corrected chi connectivity index (χ0v) is 14.1. The smallest absolute Gasteiger partial charge is 0.248 e. The molecule has 0 fully saturated rings. The molecule has 0 saturated carbocycles. The van der Waals surface area contributed by atoms with Gasteiger partial charge in [-0.05, 0) is 29.2 Å². The Kier molecular flexibility index (Phi) is 5.22. The zero-order chi connectivity index (χ0) is 16.9. The number of ether oxygens (including phenoxy) is 1. The molecular formula is C20H23NO2. The molecule has 0 aliphatic rings. The van der Waals surface area contributed by atoms with Gasteiger partial charge in [0.1, 0.15) is 5.75 Å². The molecule has 0 unspecified atom stereocenters. The Morgan fingerprint density at radius 1 is 1.04 bits per heavy atom. The maximum absolute atomic E-state index is 12.2. The number of hydrogen-bond donors (Lipinski definition) is 1. The van der Waals surface area contributed by atoms with E-state index in [4.69, 9.17) is 4.74 Å². The molecule has 0 aliphatic heterocycles. The fourth-order valence-corrected chi connectivity index (χ4v) is 2.39. The molecule has 0 heterocycles. The molecule has 3 heteroatoms. The van der Waals surface area contributed by atoms with Gasteiger partial charge in [-0.1, -0.05) is 57.2 Å². The fraction of sp³-hybridized carbons (Fsp3) is 0.250. The second kappa shape index (κ2) is 7.14. The lowest BCUT2D eigenvalue weighted by Crippen LogP contribution is -2.17. The van der Waals surface area contributed by atoms with Gasteiger partial charge in [-0.2, -0.15) is 0 Å². The number of hydrogen-bond acceptors (Lipinski definition) is 2. The minimum Gasteiger partial charge on any atom is -0.496 e. The molecule has 0 bridgehead atoms. The third kappa shape index (κ3) is 4.46. The van der Waals surface area contributed by atoms with Crippen LogP contribution in [-0.4, -0.2) is 13.0 Å². The van der Waals surface area contributed by atoms with Crippen molar-refractivity contribution in [2.45, 2.75) is 26.2 Å². The molecule has 2 rings (SSSR count). The summed E-state index contributed by atoms with van der Waals surface area (Å²) in [6.45, 7) is 6.38. The molecule has 2 aromatic rings. The van der Waals surface area contributed by atoms with Crippen molar-refractivity contribution in [3.8, 4) is 5.75 Å². The minimum absolute atomic E-state index is 0.0315. The van der Waals surface area contributed by atoms with Crippen LogP contribution in [0.15, 0.2) is 54.6 Å². The monoisotopic (exact) mass is 309 g/mol. The number of amides is 1. The Bertz CT molecular complexity index is 712. The van der Waals surface area contributed by atoms with E-state index < -0.39 is 0 Å². The lowest BCUT2D eigenvalue weighted by Gasteiger charge is -2.22. The van der Waals surface area contributed by atoms with Crippen LogP contribution < -0.4 is 10.1 Å². The van der Waals surface area contributed by atoms with Gasteiger partial charge >= 0.3 is 0 Å². The summed E-state index contributed by atoms with van der Waals surface area (Å²) in [5.74, 6) is 0.583. The average Bonchev–Trinajstić information content (AvgIpc) is 2.52. The first-order valence-electron chi connectivity index (χ1n) is 7.63. The summed E-state index contributed by atoms with van der Waals surface area (Å²) in [5.41, 5.74) is 2.79. The summed E-state index contributed by atoms with van der Waals surface area (Å²) in [6, 6.07) is 15.5. The van der Waals surface area contributed by atoms with Crippen LogP contribution in [-0.2, 0) is 10.2 Å². The second-order valence-corrected chi connectivity index (χ2v) is 6.36. The quantitative estimate of drug-likeness (QED) is 0.835. The number of para-hydroxylation sites is 2. The Labute approximate surface area is 138 Å². The van der Waals surface area contributed by atoms with Crippen molar-refractivity contribution in [1.82, 2.24) is 0 Å². The molecule has 2 aromatic carbocycles. The van der Waals surface area contributed by atoms with Gasteiger partial charge in [0.05, 0.1) is 7.11 Å². The van der Waals surface area contributed by atoms with Gasteiger partial charge in [0.25, 0.3) is 0 Å². The van der Waals surface area contributed by atoms with Crippen LogP contribution in [0.1, 0.15) is 31.9 Å². The van der Waals surface area contributed by atoms with E-state index in [-0.39, 0.29) is 11.3 Å². The highest BCUT2D eigenvalue weighted by molar-refractivity contribution is 6.02. The molecule has 0 radical (unpaired) electrons. The molecule has 1 N–H and O–H groups in total. The minimum atomic E-state index is -0.160. The van der Waals surface area contributed by atoms with Crippen LogP contribution in [0.25, 0.3) is 6.08 Å². The van der Waals surface area contributed by atoms with E-state index in [0.717, 1.165) is 22.6 Å². The molecule has 1 amide bonds. The van der Waals surface area contributed by atoms with Gasteiger partial charge in [-0.15, -0.1) is 0 Å².